The number of H-pyrrole nitrogens is 1. The minimum absolute atomic E-state index is 0.216. The Morgan fingerprint density at radius 1 is 1.05 bits per heavy atom. The smallest absolute Gasteiger partial charge is 0.244 e. The van der Waals surface area contributed by atoms with Gasteiger partial charge in [-0.1, -0.05) is 24.3 Å². The summed E-state index contributed by atoms with van der Waals surface area (Å²) >= 11 is 0. The highest BCUT2D eigenvalue weighted by atomic mass is 16.5. The highest BCUT2D eigenvalue weighted by Crippen LogP contribution is 2.48. The Bertz CT molecular complexity index is 1840. The van der Waals surface area contributed by atoms with E-state index in [1.165, 1.54) is 0 Å². The number of ether oxygens (including phenoxy) is 3. The van der Waals surface area contributed by atoms with Gasteiger partial charge in [-0.05, 0) is 30.7 Å². The molecule has 1 unspecified atom stereocenters. The molecule has 5 heterocycles. The second-order valence-electron chi connectivity index (χ2n) is 9.38. The van der Waals surface area contributed by atoms with Crippen molar-refractivity contribution >= 4 is 5.65 Å². The Hall–Kier alpha value is -5.19. The molecule has 7 rings (SSSR count). The minimum atomic E-state index is -0.216. The van der Waals surface area contributed by atoms with Crippen LogP contribution in [0.2, 0.25) is 0 Å². The molecule has 1 N–H and O–H groups in total. The van der Waals surface area contributed by atoms with Crippen LogP contribution >= 0.6 is 0 Å². The molecule has 0 saturated heterocycles. The van der Waals surface area contributed by atoms with Gasteiger partial charge < -0.3 is 14.2 Å². The molecule has 6 aromatic rings. The van der Waals surface area contributed by atoms with Crippen LogP contribution in [-0.2, 0) is 13.7 Å². The first kappa shape index (κ1) is 23.0. The van der Waals surface area contributed by atoms with Gasteiger partial charge in [-0.2, -0.15) is 5.10 Å². The largest absolute Gasteiger partial charge is 0.497 e. The van der Waals surface area contributed by atoms with Crippen molar-refractivity contribution in [1.29, 1.82) is 0 Å². The number of hydrogen-bond donors (Lipinski definition) is 1. The quantitative estimate of drug-likeness (QED) is 0.342. The van der Waals surface area contributed by atoms with Crippen LogP contribution in [0, 0.1) is 6.92 Å². The molecule has 194 valence electrons. The number of nitrogens with zero attached hydrogens (tertiary/aromatic N) is 7. The number of aromatic nitrogens is 8. The fraction of sp³-hybridized carbons (Fsp3) is 0.179. The van der Waals surface area contributed by atoms with E-state index in [-0.39, 0.29) is 5.92 Å². The van der Waals surface area contributed by atoms with Gasteiger partial charge in [0.1, 0.15) is 24.4 Å². The molecule has 4 aromatic heterocycles. The minimum Gasteiger partial charge on any atom is -0.497 e. The fourth-order valence-corrected chi connectivity index (χ4v) is 4.97. The Morgan fingerprint density at radius 3 is 2.77 bits per heavy atom. The van der Waals surface area contributed by atoms with Gasteiger partial charge in [-0.3, -0.25) is 9.78 Å². The van der Waals surface area contributed by atoms with E-state index in [1.54, 1.807) is 22.6 Å². The molecule has 0 spiro atoms. The number of aromatic amines is 1. The van der Waals surface area contributed by atoms with Gasteiger partial charge in [-0.15, -0.1) is 10.2 Å². The van der Waals surface area contributed by atoms with Crippen molar-refractivity contribution in [3.05, 3.63) is 95.2 Å². The number of benzene rings is 2. The van der Waals surface area contributed by atoms with Gasteiger partial charge in [0, 0.05) is 41.7 Å². The summed E-state index contributed by atoms with van der Waals surface area (Å²) in [5, 5.41) is 16.6. The number of nitrogens with one attached hydrogen (secondary N) is 1. The van der Waals surface area contributed by atoms with E-state index in [9.17, 15) is 0 Å². The average Bonchev–Trinajstić information content (AvgIpc) is 3.69. The molecule has 0 aliphatic carbocycles. The Kier molecular flexibility index (Phi) is 5.29. The molecular weight excluding hydrogens is 496 g/mol. The van der Waals surface area contributed by atoms with Crippen molar-refractivity contribution in [2.24, 2.45) is 7.05 Å². The summed E-state index contributed by atoms with van der Waals surface area (Å²) in [5.41, 5.74) is 6.18. The number of rotatable bonds is 6. The summed E-state index contributed by atoms with van der Waals surface area (Å²) in [6.07, 6.45) is 5.45. The highest BCUT2D eigenvalue weighted by molar-refractivity contribution is 5.68. The van der Waals surface area contributed by atoms with Crippen LogP contribution in [-0.4, -0.2) is 46.7 Å². The molecule has 0 fully saturated rings. The molecule has 0 bridgehead atoms. The maximum atomic E-state index is 6.10. The summed E-state index contributed by atoms with van der Waals surface area (Å²) in [7, 11) is 3.53. The van der Waals surface area contributed by atoms with Crippen LogP contribution in [0.1, 0.15) is 33.9 Å². The van der Waals surface area contributed by atoms with E-state index in [0.29, 0.717) is 29.8 Å². The van der Waals surface area contributed by atoms with E-state index >= 15 is 0 Å². The van der Waals surface area contributed by atoms with E-state index in [2.05, 4.69) is 20.3 Å². The van der Waals surface area contributed by atoms with Crippen molar-refractivity contribution < 1.29 is 14.2 Å². The molecule has 39 heavy (non-hydrogen) atoms. The summed E-state index contributed by atoms with van der Waals surface area (Å²) in [4.78, 5) is 9.53. The molecule has 1 atom stereocenters. The third-order valence-corrected chi connectivity index (χ3v) is 6.81. The second kappa shape index (κ2) is 8.98. The number of hydrogen-bond acceptors (Lipinski definition) is 8. The molecule has 11 heteroatoms. The van der Waals surface area contributed by atoms with E-state index in [4.69, 9.17) is 24.3 Å². The van der Waals surface area contributed by atoms with Gasteiger partial charge in [0.15, 0.2) is 11.5 Å². The monoisotopic (exact) mass is 520 g/mol. The standard InChI is InChI=1S/C28H24N8O3/c1-16-22-23(19-12-30-35(2)13-19)24-26-31-25(34-36(26)15-29-27(24)39-28(22)33-32-16)18-7-4-6-17(10-18)14-38-21-9-5-8-20(11-21)37-3/h4-13,15,23H,14H2,1-3H3,(H,32,33). The highest BCUT2D eigenvalue weighted by Gasteiger charge is 2.37. The molecule has 0 saturated carbocycles. The zero-order valence-electron chi connectivity index (χ0n) is 21.5. The van der Waals surface area contributed by atoms with Crippen LogP contribution in [0.3, 0.4) is 0 Å². The lowest BCUT2D eigenvalue weighted by Gasteiger charge is -2.24. The van der Waals surface area contributed by atoms with Crippen LogP contribution in [0.15, 0.2) is 67.3 Å². The predicted molar refractivity (Wildman–Crippen MR) is 141 cm³/mol. The van der Waals surface area contributed by atoms with Crippen molar-refractivity contribution in [3.63, 3.8) is 0 Å². The topological polar surface area (TPSA) is 117 Å². The summed E-state index contributed by atoms with van der Waals surface area (Å²) in [6.45, 7) is 2.37. The first-order valence-electron chi connectivity index (χ1n) is 12.4. The predicted octanol–water partition coefficient (Wildman–Crippen LogP) is 4.43. The lowest BCUT2D eigenvalue weighted by Crippen LogP contribution is -2.14. The van der Waals surface area contributed by atoms with Gasteiger partial charge in [0.25, 0.3) is 0 Å². The number of aryl methyl sites for hydroxylation is 2. The Labute approximate surface area is 223 Å². The molecule has 0 amide bonds. The third-order valence-electron chi connectivity index (χ3n) is 6.81. The first-order valence-corrected chi connectivity index (χ1v) is 12.4. The maximum Gasteiger partial charge on any atom is 0.244 e. The van der Waals surface area contributed by atoms with E-state index in [0.717, 1.165) is 45.0 Å². The van der Waals surface area contributed by atoms with Crippen molar-refractivity contribution in [3.8, 4) is 34.6 Å². The maximum absolute atomic E-state index is 6.10. The van der Waals surface area contributed by atoms with Gasteiger partial charge in [-0.25, -0.2) is 14.5 Å². The summed E-state index contributed by atoms with van der Waals surface area (Å²) in [6, 6.07) is 15.5. The fourth-order valence-electron chi connectivity index (χ4n) is 4.97. The van der Waals surface area contributed by atoms with Crippen LogP contribution in [0.25, 0.3) is 17.0 Å². The van der Waals surface area contributed by atoms with Gasteiger partial charge in [0.05, 0.1) is 24.8 Å². The molecule has 1 aliphatic rings. The van der Waals surface area contributed by atoms with Crippen molar-refractivity contribution in [2.45, 2.75) is 19.4 Å². The zero-order valence-corrected chi connectivity index (χ0v) is 21.5. The zero-order chi connectivity index (χ0) is 26.5. The Morgan fingerprint density at radius 2 is 1.92 bits per heavy atom. The van der Waals surface area contributed by atoms with Crippen molar-refractivity contribution in [2.75, 3.05) is 7.11 Å². The van der Waals surface area contributed by atoms with Crippen LogP contribution in [0.5, 0.6) is 23.3 Å². The number of methoxy groups -OCH3 is 1. The summed E-state index contributed by atoms with van der Waals surface area (Å²) in [5.74, 6) is 2.81. The third kappa shape index (κ3) is 3.95. The van der Waals surface area contributed by atoms with Gasteiger partial charge >= 0.3 is 0 Å². The summed E-state index contributed by atoms with van der Waals surface area (Å²) < 4.78 is 20.9. The van der Waals surface area contributed by atoms with E-state index < -0.39 is 0 Å². The normalized spacial score (nSPS) is 14.1. The molecule has 11 nitrogen and oxygen atoms in total. The average molecular weight is 521 g/mol. The van der Waals surface area contributed by atoms with E-state index in [1.807, 2.05) is 74.9 Å². The van der Waals surface area contributed by atoms with Crippen LogP contribution in [0.4, 0.5) is 0 Å². The Balaban J connectivity index is 1.27. The van der Waals surface area contributed by atoms with Crippen LogP contribution < -0.4 is 14.2 Å². The lowest BCUT2D eigenvalue weighted by atomic mass is 9.86. The SMILES string of the molecule is COc1cccc(OCc2cccc(-c3nc4c5c(ncn4n3)Oc3n[nH]c(C)c3C5c3cnn(C)c3)c2)c1. The number of fused-ring (bicyclic) bond motifs is 4. The molecule has 2 aromatic carbocycles. The lowest BCUT2D eigenvalue weighted by molar-refractivity contribution is 0.303. The van der Waals surface area contributed by atoms with Crippen molar-refractivity contribution in [1.82, 2.24) is 39.6 Å². The van der Waals surface area contributed by atoms with Gasteiger partial charge in [0.2, 0.25) is 11.8 Å². The molecular formula is C28H24N8O3. The molecule has 1 aliphatic heterocycles. The first-order chi connectivity index (χ1) is 19.1. The molecule has 0 radical (unpaired) electrons. The second-order valence-corrected chi connectivity index (χ2v) is 9.38.